The monoisotopic (exact) mass is 248 g/mol. The summed E-state index contributed by atoms with van der Waals surface area (Å²) >= 11 is 0. The number of carboxylic acids is 2. The van der Waals surface area contributed by atoms with Crippen LogP contribution in [0.25, 0.3) is 10.8 Å². The largest absolute Gasteiger partial charge is 0.504 e. The Balaban J connectivity index is 2.83. The van der Waals surface area contributed by atoms with Crippen molar-refractivity contribution in [2.75, 3.05) is 0 Å². The lowest BCUT2D eigenvalue weighted by molar-refractivity contribution is 0.0684. The first-order valence-corrected chi connectivity index (χ1v) is 4.87. The van der Waals surface area contributed by atoms with Crippen molar-refractivity contribution in [2.45, 2.75) is 0 Å². The molecule has 2 aromatic carbocycles. The fourth-order valence-electron chi connectivity index (χ4n) is 1.67. The molecule has 0 heterocycles. The molecular weight excluding hydrogens is 240 g/mol. The smallest absolute Gasteiger partial charge is 0.339 e. The van der Waals surface area contributed by atoms with E-state index in [9.17, 15) is 19.8 Å². The molecule has 0 aromatic heterocycles. The van der Waals surface area contributed by atoms with Crippen molar-refractivity contribution in [2.24, 2.45) is 0 Å². The van der Waals surface area contributed by atoms with Crippen LogP contribution in [0, 0.1) is 0 Å². The van der Waals surface area contributed by atoms with E-state index in [0.29, 0.717) is 0 Å². The third kappa shape index (κ3) is 1.69. The maximum atomic E-state index is 10.8. The van der Waals surface area contributed by atoms with Gasteiger partial charge in [-0.15, -0.1) is 0 Å². The molecule has 4 N–H and O–H groups in total. The van der Waals surface area contributed by atoms with E-state index in [1.165, 1.54) is 18.2 Å². The second kappa shape index (κ2) is 3.92. The van der Waals surface area contributed by atoms with Gasteiger partial charge in [-0.3, -0.25) is 0 Å². The minimum atomic E-state index is -1.41. The number of aromatic carboxylic acids is 2. The van der Waals surface area contributed by atoms with Crippen molar-refractivity contribution >= 4 is 22.7 Å². The average Bonchev–Trinajstić information content (AvgIpc) is 2.32. The molecule has 2 aromatic rings. The van der Waals surface area contributed by atoms with Crippen LogP contribution in [-0.2, 0) is 0 Å². The van der Waals surface area contributed by atoms with Crippen molar-refractivity contribution < 1.29 is 30.0 Å². The Hall–Kier alpha value is -2.76. The number of benzene rings is 2. The number of rotatable bonds is 2. The van der Waals surface area contributed by atoms with E-state index < -0.39 is 29.0 Å². The van der Waals surface area contributed by atoms with E-state index >= 15 is 0 Å². The topological polar surface area (TPSA) is 115 Å². The van der Waals surface area contributed by atoms with E-state index in [4.69, 9.17) is 10.2 Å². The van der Waals surface area contributed by atoms with E-state index in [0.717, 1.165) is 6.07 Å². The summed E-state index contributed by atoms with van der Waals surface area (Å²) in [6.45, 7) is 0. The number of carboxylic acid groups (broad SMARTS) is 2. The summed E-state index contributed by atoms with van der Waals surface area (Å²) < 4.78 is 0. The molecule has 0 radical (unpaired) electrons. The summed E-state index contributed by atoms with van der Waals surface area (Å²) in [5.74, 6) is -3.90. The molecule has 0 aliphatic carbocycles. The van der Waals surface area contributed by atoms with Crippen LogP contribution in [0.1, 0.15) is 20.7 Å². The first-order valence-electron chi connectivity index (χ1n) is 4.87. The Morgan fingerprint density at radius 1 is 0.889 bits per heavy atom. The summed E-state index contributed by atoms with van der Waals surface area (Å²) in [4.78, 5) is 21.6. The highest BCUT2D eigenvalue weighted by Gasteiger charge is 2.17. The predicted molar refractivity (Wildman–Crippen MR) is 61.2 cm³/mol. The van der Waals surface area contributed by atoms with Crippen molar-refractivity contribution in [3.63, 3.8) is 0 Å². The number of phenols is 2. The van der Waals surface area contributed by atoms with Crippen LogP contribution >= 0.6 is 0 Å². The van der Waals surface area contributed by atoms with Gasteiger partial charge < -0.3 is 20.4 Å². The van der Waals surface area contributed by atoms with Gasteiger partial charge >= 0.3 is 11.9 Å². The van der Waals surface area contributed by atoms with Crippen LogP contribution in [-0.4, -0.2) is 32.4 Å². The third-order valence-electron chi connectivity index (χ3n) is 2.56. The van der Waals surface area contributed by atoms with Gasteiger partial charge in [-0.25, -0.2) is 9.59 Å². The van der Waals surface area contributed by atoms with Gasteiger partial charge in [0.2, 0.25) is 0 Å². The summed E-state index contributed by atoms with van der Waals surface area (Å²) in [5, 5.41) is 37.2. The molecule has 2 rings (SSSR count). The van der Waals surface area contributed by atoms with E-state index in [1.54, 1.807) is 0 Å². The van der Waals surface area contributed by atoms with Gasteiger partial charge in [0.25, 0.3) is 0 Å². The van der Waals surface area contributed by atoms with Crippen molar-refractivity contribution in [1.29, 1.82) is 0 Å². The number of fused-ring (bicyclic) bond motifs is 1. The zero-order valence-electron chi connectivity index (χ0n) is 8.91. The zero-order valence-corrected chi connectivity index (χ0v) is 8.91. The maximum Gasteiger partial charge on any atom is 0.339 e. The van der Waals surface area contributed by atoms with Crippen LogP contribution in [0.3, 0.4) is 0 Å². The summed E-state index contributed by atoms with van der Waals surface area (Å²) in [6, 6.07) is 4.90. The Morgan fingerprint density at radius 3 is 2.11 bits per heavy atom. The first kappa shape index (κ1) is 11.7. The molecule has 92 valence electrons. The lowest BCUT2D eigenvalue weighted by Crippen LogP contribution is -1.99. The molecule has 6 heteroatoms. The number of carbonyl (C=O) groups is 2. The zero-order chi connectivity index (χ0) is 13.4. The van der Waals surface area contributed by atoms with E-state index in [-0.39, 0.29) is 16.3 Å². The Kier molecular flexibility index (Phi) is 2.55. The van der Waals surface area contributed by atoms with E-state index in [2.05, 4.69) is 0 Å². The second-order valence-electron chi connectivity index (χ2n) is 3.67. The SMILES string of the molecule is O=C(O)c1ccc2c(O)c(O)c(C(=O)O)cc2c1. The second-order valence-corrected chi connectivity index (χ2v) is 3.67. The molecule has 18 heavy (non-hydrogen) atoms. The van der Waals surface area contributed by atoms with Gasteiger partial charge in [0.1, 0.15) is 5.56 Å². The van der Waals surface area contributed by atoms with Crippen molar-refractivity contribution in [3.8, 4) is 11.5 Å². The quantitative estimate of drug-likeness (QED) is 0.600. The van der Waals surface area contributed by atoms with Crippen molar-refractivity contribution in [3.05, 3.63) is 35.4 Å². The molecular formula is C12H8O6. The molecule has 0 amide bonds. The molecule has 0 fully saturated rings. The normalized spacial score (nSPS) is 10.4. The van der Waals surface area contributed by atoms with E-state index in [1.807, 2.05) is 0 Å². The minimum absolute atomic E-state index is 0.0380. The van der Waals surface area contributed by atoms with Gasteiger partial charge in [0.15, 0.2) is 11.5 Å². The molecule has 0 aliphatic heterocycles. The highest BCUT2D eigenvalue weighted by Crippen LogP contribution is 2.37. The van der Waals surface area contributed by atoms with Gasteiger partial charge in [-0.1, -0.05) is 0 Å². The summed E-state index contributed by atoms with van der Waals surface area (Å²) in [5.41, 5.74) is -0.522. The average molecular weight is 248 g/mol. The lowest BCUT2D eigenvalue weighted by Gasteiger charge is -2.07. The third-order valence-corrected chi connectivity index (χ3v) is 2.56. The predicted octanol–water partition coefficient (Wildman–Crippen LogP) is 1.65. The molecule has 0 unspecified atom stereocenters. The number of hydrogen-bond acceptors (Lipinski definition) is 4. The Morgan fingerprint density at radius 2 is 1.56 bits per heavy atom. The Labute approximate surface area is 100 Å². The van der Waals surface area contributed by atoms with Gasteiger partial charge in [-0.2, -0.15) is 0 Å². The summed E-state index contributed by atoms with van der Waals surface area (Å²) in [7, 11) is 0. The number of hydrogen-bond donors (Lipinski definition) is 4. The first-order chi connectivity index (χ1) is 8.41. The van der Waals surface area contributed by atoms with Crippen LogP contribution in [0.2, 0.25) is 0 Å². The standard InChI is InChI=1S/C12H8O6/c13-9-7-2-1-5(11(15)16)3-6(7)4-8(10(9)14)12(17)18/h1-4,13-14H,(H,15,16)(H,17,18). The molecule has 0 bridgehead atoms. The molecule has 0 aliphatic rings. The minimum Gasteiger partial charge on any atom is -0.504 e. The lowest BCUT2D eigenvalue weighted by atomic mass is 10.0. The number of phenolic OH excluding ortho intramolecular Hbond substituents is 1. The van der Waals surface area contributed by atoms with Gasteiger partial charge in [-0.05, 0) is 29.7 Å². The fourth-order valence-corrected chi connectivity index (χ4v) is 1.67. The van der Waals surface area contributed by atoms with Crippen molar-refractivity contribution in [1.82, 2.24) is 0 Å². The molecule has 0 atom stereocenters. The van der Waals surface area contributed by atoms with Gasteiger partial charge in [0, 0.05) is 5.39 Å². The van der Waals surface area contributed by atoms with Gasteiger partial charge in [0.05, 0.1) is 5.56 Å². The molecule has 0 saturated heterocycles. The summed E-state index contributed by atoms with van der Waals surface area (Å²) in [6.07, 6.45) is 0. The molecule has 0 spiro atoms. The molecule has 6 nitrogen and oxygen atoms in total. The number of aromatic hydroxyl groups is 2. The highest BCUT2D eigenvalue weighted by atomic mass is 16.4. The fraction of sp³-hybridized carbons (Fsp3) is 0. The maximum absolute atomic E-state index is 10.8. The Bertz CT molecular complexity index is 674. The highest BCUT2D eigenvalue weighted by molar-refractivity contribution is 6.03. The van der Waals surface area contributed by atoms with Crippen LogP contribution in [0.4, 0.5) is 0 Å². The van der Waals surface area contributed by atoms with Crippen LogP contribution in [0.5, 0.6) is 11.5 Å². The molecule has 0 saturated carbocycles. The van der Waals surface area contributed by atoms with Crippen LogP contribution in [0.15, 0.2) is 24.3 Å². The van der Waals surface area contributed by atoms with Crippen LogP contribution < -0.4 is 0 Å².